The third kappa shape index (κ3) is 2.98. The van der Waals surface area contributed by atoms with Gasteiger partial charge in [-0.2, -0.15) is 4.57 Å². The Morgan fingerprint density at radius 2 is 2.00 bits per heavy atom. The van der Waals surface area contributed by atoms with Crippen LogP contribution in [0.1, 0.15) is 32.2 Å². The zero-order chi connectivity index (χ0) is 15.7. The number of hydrogen-bond acceptors (Lipinski definition) is 2. The molecule has 1 aromatic heterocycles. The van der Waals surface area contributed by atoms with Gasteiger partial charge in [-0.25, -0.2) is 9.78 Å². The molecular formula is C17H22N3O2+. The van der Waals surface area contributed by atoms with Gasteiger partial charge in [-0.15, -0.1) is 0 Å². The monoisotopic (exact) mass is 300 g/mol. The number of rotatable bonds is 1. The number of imidazole rings is 1. The number of nitrogens with one attached hydrogen (secondary N) is 1. The smallest absolute Gasteiger partial charge is 0.410 e. The molecule has 116 valence electrons. The van der Waals surface area contributed by atoms with E-state index in [-0.39, 0.29) is 6.09 Å². The highest BCUT2D eigenvalue weighted by molar-refractivity contribution is 5.68. The average molecular weight is 300 g/mol. The van der Waals surface area contributed by atoms with Crippen LogP contribution in [0.5, 0.6) is 0 Å². The standard InChI is InChI=1S/C17H21N3O2/c1-17(2,3)22-16(21)19-10-9-15-14(11-19)18-12-20(15)13-7-5-4-6-8-13/h4-8,12H,9-11H2,1-3H3/p+1. The third-order valence-corrected chi connectivity index (χ3v) is 3.66. The summed E-state index contributed by atoms with van der Waals surface area (Å²) < 4.78 is 7.60. The number of nitrogens with zero attached hydrogens (tertiary/aromatic N) is 2. The minimum Gasteiger partial charge on any atom is -0.444 e. The molecule has 2 aromatic rings. The summed E-state index contributed by atoms with van der Waals surface area (Å²) >= 11 is 0. The third-order valence-electron chi connectivity index (χ3n) is 3.66. The second-order valence-electron chi connectivity index (χ2n) is 6.56. The van der Waals surface area contributed by atoms with Crippen molar-refractivity contribution in [1.82, 2.24) is 9.88 Å². The molecule has 0 spiro atoms. The van der Waals surface area contributed by atoms with Crippen LogP contribution in [0.2, 0.25) is 0 Å². The maximum absolute atomic E-state index is 12.2. The van der Waals surface area contributed by atoms with Gasteiger partial charge in [0.2, 0.25) is 6.33 Å². The van der Waals surface area contributed by atoms with Crippen molar-refractivity contribution in [1.29, 1.82) is 0 Å². The largest absolute Gasteiger partial charge is 0.444 e. The van der Waals surface area contributed by atoms with E-state index < -0.39 is 5.60 Å². The van der Waals surface area contributed by atoms with Crippen molar-refractivity contribution in [2.75, 3.05) is 6.54 Å². The molecule has 0 saturated carbocycles. The Hall–Kier alpha value is -2.30. The molecule has 22 heavy (non-hydrogen) atoms. The molecule has 1 aliphatic rings. The predicted molar refractivity (Wildman–Crippen MR) is 82.7 cm³/mol. The second-order valence-corrected chi connectivity index (χ2v) is 6.56. The van der Waals surface area contributed by atoms with E-state index >= 15 is 0 Å². The van der Waals surface area contributed by atoms with Gasteiger partial charge < -0.3 is 4.74 Å². The number of carbonyl (C=O) groups excluding carboxylic acids is 1. The van der Waals surface area contributed by atoms with Gasteiger partial charge >= 0.3 is 6.09 Å². The number of H-pyrrole nitrogens is 1. The van der Waals surface area contributed by atoms with Crippen molar-refractivity contribution in [3.63, 3.8) is 0 Å². The fourth-order valence-electron chi connectivity index (χ4n) is 2.67. The molecule has 2 heterocycles. The molecule has 1 aliphatic heterocycles. The van der Waals surface area contributed by atoms with Crippen LogP contribution in [-0.2, 0) is 17.7 Å². The van der Waals surface area contributed by atoms with E-state index in [1.54, 1.807) is 4.90 Å². The number of fused-ring (bicyclic) bond motifs is 1. The number of ether oxygens (including phenoxy) is 1. The van der Waals surface area contributed by atoms with E-state index in [4.69, 9.17) is 4.74 Å². The molecule has 0 atom stereocenters. The minimum absolute atomic E-state index is 0.251. The maximum atomic E-state index is 12.2. The SMILES string of the molecule is CC(C)(C)OC(=O)N1CCc2c([nH]c[n+]2-c2ccccc2)C1. The highest BCUT2D eigenvalue weighted by Gasteiger charge is 2.31. The van der Waals surface area contributed by atoms with Crippen molar-refractivity contribution in [2.24, 2.45) is 0 Å². The molecular weight excluding hydrogens is 278 g/mol. The first kappa shape index (κ1) is 14.6. The summed E-state index contributed by atoms with van der Waals surface area (Å²) in [6.45, 7) is 6.89. The highest BCUT2D eigenvalue weighted by Crippen LogP contribution is 2.18. The molecule has 3 rings (SSSR count). The Labute approximate surface area is 130 Å². The molecule has 0 unspecified atom stereocenters. The van der Waals surface area contributed by atoms with Crippen LogP contribution in [0, 0.1) is 0 Å². The summed E-state index contributed by atoms with van der Waals surface area (Å²) in [5.41, 5.74) is 2.97. The van der Waals surface area contributed by atoms with Gasteiger partial charge in [0.15, 0.2) is 11.4 Å². The van der Waals surface area contributed by atoms with Gasteiger partial charge in [-0.05, 0) is 32.9 Å². The Morgan fingerprint density at radius 1 is 1.27 bits per heavy atom. The fourth-order valence-corrected chi connectivity index (χ4v) is 2.67. The van der Waals surface area contributed by atoms with E-state index in [9.17, 15) is 4.79 Å². The van der Waals surface area contributed by atoms with Crippen molar-refractivity contribution >= 4 is 6.09 Å². The summed E-state index contributed by atoms with van der Waals surface area (Å²) in [4.78, 5) is 17.2. The van der Waals surface area contributed by atoms with Crippen LogP contribution in [0.25, 0.3) is 5.69 Å². The van der Waals surface area contributed by atoms with Gasteiger partial charge in [0.25, 0.3) is 0 Å². The molecule has 0 radical (unpaired) electrons. The lowest BCUT2D eigenvalue weighted by Gasteiger charge is -2.28. The maximum Gasteiger partial charge on any atom is 0.410 e. The number of para-hydroxylation sites is 1. The van der Waals surface area contributed by atoms with Gasteiger partial charge in [-0.3, -0.25) is 4.90 Å². The Bertz CT molecular complexity index is 671. The van der Waals surface area contributed by atoms with Crippen molar-refractivity contribution < 1.29 is 14.1 Å². The molecule has 0 aliphatic carbocycles. The zero-order valence-corrected chi connectivity index (χ0v) is 13.3. The minimum atomic E-state index is -0.461. The molecule has 0 fully saturated rings. The number of hydrogen-bond donors (Lipinski definition) is 1. The van der Waals surface area contributed by atoms with E-state index in [0.29, 0.717) is 13.1 Å². The molecule has 1 aromatic carbocycles. The topological polar surface area (TPSA) is 49.2 Å². The lowest BCUT2D eigenvalue weighted by molar-refractivity contribution is -0.603. The van der Waals surface area contributed by atoms with Gasteiger partial charge in [0, 0.05) is 13.0 Å². The normalized spacial score (nSPS) is 14.6. The fraction of sp³-hybridized carbons (Fsp3) is 0.412. The molecule has 0 bridgehead atoms. The first-order valence-electron chi connectivity index (χ1n) is 7.58. The number of aromatic amines is 1. The van der Waals surface area contributed by atoms with Crippen LogP contribution in [0.15, 0.2) is 36.7 Å². The van der Waals surface area contributed by atoms with Crippen LogP contribution < -0.4 is 4.57 Å². The molecule has 5 heteroatoms. The number of carbonyl (C=O) groups is 1. The van der Waals surface area contributed by atoms with Crippen molar-refractivity contribution in [3.8, 4) is 5.69 Å². The molecule has 0 saturated heterocycles. The highest BCUT2D eigenvalue weighted by atomic mass is 16.6. The van der Waals surface area contributed by atoms with E-state index in [2.05, 4.69) is 21.7 Å². The summed E-state index contributed by atoms with van der Waals surface area (Å²) in [5, 5.41) is 0. The van der Waals surface area contributed by atoms with E-state index in [1.165, 1.54) is 5.69 Å². The van der Waals surface area contributed by atoms with E-state index in [1.807, 2.05) is 45.3 Å². The summed E-state index contributed by atoms with van der Waals surface area (Å²) in [6.07, 6.45) is 2.52. The van der Waals surface area contributed by atoms with Crippen molar-refractivity contribution in [2.45, 2.75) is 39.3 Å². The van der Waals surface area contributed by atoms with Crippen LogP contribution in [0.4, 0.5) is 4.79 Å². The Balaban J connectivity index is 1.78. The summed E-state index contributed by atoms with van der Waals surface area (Å²) in [5.74, 6) is 0. The Kier molecular flexibility index (Phi) is 3.64. The van der Waals surface area contributed by atoms with Crippen molar-refractivity contribution in [3.05, 3.63) is 48.0 Å². The summed E-state index contributed by atoms with van der Waals surface area (Å²) in [7, 11) is 0. The molecule has 1 amide bonds. The first-order chi connectivity index (χ1) is 10.4. The average Bonchev–Trinajstić information content (AvgIpc) is 2.89. The van der Waals surface area contributed by atoms with Gasteiger partial charge in [0.05, 0.1) is 6.54 Å². The van der Waals surface area contributed by atoms with Crippen LogP contribution >= 0.6 is 0 Å². The Morgan fingerprint density at radius 3 is 2.68 bits per heavy atom. The number of benzene rings is 1. The second kappa shape index (κ2) is 5.48. The summed E-state index contributed by atoms with van der Waals surface area (Å²) in [6, 6.07) is 10.2. The lowest BCUT2D eigenvalue weighted by Crippen LogP contribution is -2.43. The van der Waals surface area contributed by atoms with Gasteiger partial charge in [-0.1, -0.05) is 18.2 Å². The quantitative estimate of drug-likeness (QED) is 0.823. The van der Waals surface area contributed by atoms with Crippen LogP contribution in [0.3, 0.4) is 0 Å². The first-order valence-corrected chi connectivity index (χ1v) is 7.58. The molecule has 1 N–H and O–H groups in total. The number of amides is 1. The molecule has 5 nitrogen and oxygen atoms in total. The zero-order valence-electron chi connectivity index (χ0n) is 13.3. The van der Waals surface area contributed by atoms with Gasteiger partial charge in [0.1, 0.15) is 11.3 Å². The predicted octanol–water partition coefficient (Wildman–Crippen LogP) is 2.58. The number of aromatic nitrogens is 2. The van der Waals surface area contributed by atoms with Crippen LogP contribution in [-0.4, -0.2) is 28.1 Å². The lowest BCUT2D eigenvalue weighted by atomic mass is 10.1. The van der Waals surface area contributed by atoms with E-state index in [0.717, 1.165) is 17.8 Å².